The number of carbonyl (C=O) groups is 1. The standard InChI is InChI=1S/C25H26N4O4/c30-23-6-3-17-2-1-9-26-25(17)29(23)33-20-4-5-22-18(13-20)12-19(15-32-22)24-27-14-21(28-24)16-7-10-31-11-8-16/h1-2,4-5,9,13-14,16,19H,3,6-8,10-12,15H2,(H,27,28). The normalized spacial score (nSPS) is 20.7. The Labute approximate surface area is 191 Å². The van der Waals surface area contributed by atoms with Crippen molar-refractivity contribution in [2.24, 2.45) is 0 Å². The first kappa shape index (κ1) is 20.2. The van der Waals surface area contributed by atoms with Crippen molar-refractivity contribution in [3.8, 4) is 11.5 Å². The summed E-state index contributed by atoms with van der Waals surface area (Å²) in [5, 5.41) is 1.31. The van der Waals surface area contributed by atoms with Crippen LogP contribution in [0.1, 0.15) is 53.7 Å². The molecule has 0 radical (unpaired) electrons. The zero-order chi connectivity index (χ0) is 22.2. The summed E-state index contributed by atoms with van der Waals surface area (Å²) < 4.78 is 11.5. The molecule has 1 amide bonds. The molecule has 0 spiro atoms. The van der Waals surface area contributed by atoms with Crippen LogP contribution in [0.4, 0.5) is 5.82 Å². The highest BCUT2D eigenvalue weighted by molar-refractivity contribution is 5.93. The van der Waals surface area contributed by atoms with Gasteiger partial charge in [0.15, 0.2) is 11.6 Å². The SMILES string of the molecule is O=C1CCc2cccnc2N1Oc1ccc2c(c1)CC(c1ncc(C3CCOCC3)[nH]1)CO2. The lowest BCUT2D eigenvalue weighted by atomic mass is 9.95. The van der Waals surface area contributed by atoms with E-state index in [4.69, 9.17) is 14.3 Å². The van der Waals surface area contributed by atoms with E-state index >= 15 is 0 Å². The van der Waals surface area contributed by atoms with Crippen molar-refractivity contribution in [1.29, 1.82) is 0 Å². The minimum atomic E-state index is -0.0933. The van der Waals surface area contributed by atoms with Crippen LogP contribution in [0.2, 0.25) is 0 Å². The molecule has 8 heteroatoms. The Kier molecular flexibility index (Phi) is 5.22. The molecule has 8 nitrogen and oxygen atoms in total. The minimum Gasteiger partial charge on any atom is -0.493 e. The summed E-state index contributed by atoms with van der Waals surface area (Å²) in [6.07, 6.45) is 7.57. The van der Waals surface area contributed by atoms with Crippen molar-refractivity contribution in [1.82, 2.24) is 15.0 Å². The average molecular weight is 447 g/mol. The Hall–Kier alpha value is -3.39. The van der Waals surface area contributed by atoms with Crippen molar-refractivity contribution in [2.45, 2.75) is 43.9 Å². The largest absolute Gasteiger partial charge is 0.493 e. The second-order valence-corrected chi connectivity index (χ2v) is 8.86. The molecule has 3 aliphatic rings. The number of aromatic amines is 1. The lowest BCUT2D eigenvalue weighted by Gasteiger charge is -2.28. The number of nitrogens with zero attached hydrogens (tertiary/aromatic N) is 3. The highest BCUT2D eigenvalue weighted by atomic mass is 16.7. The lowest BCUT2D eigenvalue weighted by Crippen LogP contribution is -2.38. The zero-order valence-corrected chi connectivity index (χ0v) is 18.3. The number of benzene rings is 1. The molecule has 1 fully saturated rings. The van der Waals surface area contributed by atoms with Crippen molar-refractivity contribution in [3.05, 3.63) is 65.4 Å². The van der Waals surface area contributed by atoms with Gasteiger partial charge in [-0.3, -0.25) is 4.79 Å². The average Bonchev–Trinajstić information content (AvgIpc) is 3.36. The molecule has 1 N–H and O–H groups in total. The molecule has 1 atom stereocenters. The Morgan fingerprint density at radius 2 is 1.97 bits per heavy atom. The van der Waals surface area contributed by atoms with Gasteiger partial charge in [-0.15, -0.1) is 5.06 Å². The predicted octanol–water partition coefficient (Wildman–Crippen LogP) is 3.69. The van der Waals surface area contributed by atoms with Crippen LogP contribution in [0.25, 0.3) is 0 Å². The number of rotatable bonds is 4. The van der Waals surface area contributed by atoms with Gasteiger partial charge in [-0.25, -0.2) is 9.97 Å². The number of hydrogen-bond acceptors (Lipinski definition) is 6. The first-order valence-corrected chi connectivity index (χ1v) is 11.6. The number of fused-ring (bicyclic) bond motifs is 2. The number of imidazole rings is 1. The lowest BCUT2D eigenvalue weighted by molar-refractivity contribution is -0.123. The van der Waals surface area contributed by atoms with Gasteiger partial charge in [0, 0.05) is 43.6 Å². The van der Waals surface area contributed by atoms with Gasteiger partial charge < -0.3 is 19.3 Å². The number of aromatic nitrogens is 3. The number of pyridine rings is 1. The molecule has 3 aliphatic heterocycles. The maximum absolute atomic E-state index is 12.5. The molecular formula is C25H26N4O4. The molecule has 1 saturated heterocycles. The highest BCUT2D eigenvalue weighted by Crippen LogP contribution is 2.36. The van der Waals surface area contributed by atoms with Crippen LogP contribution in [-0.2, 0) is 22.4 Å². The highest BCUT2D eigenvalue weighted by Gasteiger charge is 2.29. The number of nitrogens with one attached hydrogen (secondary N) is 1. The molecule has 0 saturated carbocycles. The van der Waals surface area contributed by atoms with E-state index in [9.17, 15) is 4.79 Å². The molecule has 1 unspecified atom stereocenters. The van der Waals surface area contributed by atoms with Gasteiger partial charge in [0.05, 0.1) is 12.5 Å². The van der Waals surface area contributed by atoms with Crippen LogP contribution >= 0.6 is 0 Å². The zero-order valence-electron chi connectivity index (χ0n) is 18.3. The quantitative estimate of drug-likeness (QED) is 0.658. The smallest absolute Gasteiger partial charge is 0.262 e. The summed E-state index contributed by atoms with van der Waals surface area (Å²) in [6, 6.07) is 9.55. The second kappa shape index (κ2) is 8.51. The van der Waals surface area contributed by atoms with Gasteiger partial charge in [0.2, 0.25) is 0 Å². The van der Waals surface area contributed by atoms with Gasteiger partial charge >= 0.3 is 0 Å². The summed E-state index contributed by atoms with van der Waals surface area (Å²) in [4.78, 5) is 31.1. The maximum atomic E-state index is 12.5. The third-order valence-electron chi connectivity index (χ3n) is 6.69. The Morgan fingerprint density at radius 3 is 2.88 bits per heavy atom. The molecule has 6 rings (SSSR count). The molecule has 170 valence electrons. The second-order valence-electron chi connectivity index (χ2n) is 8.86. The molecule has 3 aromatic rings. The summed E-state index contributed by atoms with van der Waals surface area (Å²) in [5.74, 6) is 3.49. The topological polar surface area (TPSA) is 89.6 Å². The number of H-pyrrole nitrogens is 1. The van der Waals surface area contributed by atoms with E-state index < -0.39 is 0 Å². The Balaban J connectivity index is 1.20. The Morgan fingerprint density at radius 1 is 1.06 bits per heavy atom. The molecule has 1 aromatic carbocycles. The molecule has 33 heavy (non-hydrogen) atoms. The van der Waals surface area contributed by atoms with E-state index in [-0.39, 0.29) is 11.8 Å². The van der Waals surface area contributed by atoms with E-state index in [1.165, 1.54) is 10.8 Å². The fourth-order valence-corrected chi connectivity index (χ4v) is 4.85. The molecule has 0 aliphatic carbocycles. The van der Waals surface area contributed by atoms with Crippen molar-refractivity contribution in [2.75, 3.05) is 24.9 Å². The molecule has 5 heterocycles. The van der Waals surface area contributed by atoms with Crippen LogP contribution in [0.5, 0.6) is 11.5 Å². The first-order valence-electron chi connectivity index (χ1n) is 11.6. The van der Waals surface area contributed by atoms with Crippen LogP contribution < -0.4 is 14.6 Å². The Bertz CT molecular complexity index is 1170. The summed E-state index contributed by atoms with van der Waals surface area (Å²) >= 11 is 0. The third-order valence-corrected chi connectivity index (χ3v) is 6.69. The maximum Gasteiger partial charge on any atom is 0.262 e. The van der Waals surface area contributed by atoms with Crippen LogP contribution in [0.15, 0.2) is 42.7 Å². The monoisotopic (exact) mass is 446 g/mol. The van der Waals surface area contributed by atoms with Gasteiger partial charge in [-0.1, -0.05) is 6.07 Å². The van der Waals surface area contributed by atoms with Crippen LogP contribution in [0, 0.1) is 0 Å². The van der Waals surface area contributed by atoms with E-state index in [0.717, 1.165) is 55.2 Å². The fraction of sp³-hybridized carbons (Fsp3) is 0.400. The van der Waals surface area contributed by atoms with E-state index in [1.54, 1.807) is 6.20 Å². The van der Waals surface area contributed by atoms with Gasteiger partial charge in [-0.05, 0) is 61.1 Å². The van der Waals surface area contributed by atoms with E-state index in [0.29, 0.717) is 36.9 Å². The molecule has 0 bridgehead atoms. The molecular weight excluding hydrogens is 420 g/mol. The number of ether oxygens (including phenoxy) is 2. The van der Waals surface area contributed by atoms with E-state index in [1.807, 2.05) is 36.5 Å². The van der Waals surface area contributed by atoms with Gasteiger partial charge in [-0.2, -0.15) is 0 Å². The van der Waals surface area contributed by atoms with Crippen LogP contribution in [-0.4, -0.2) is 40.7 Å². The van der Waals surface area contributed by atoms with Crippen molar-refractivity contribution >= 4 is 11.7 Å². The number of hydrogen-bond donors (Lipinski definition) is 1. The number of hydroxylamine groups is 1. The number of aryl methyl sites for hydroxylation is 1. The minimum absolute atomic E-state index is 0.0933. The molecule has 2 aromatic heterocycles. The predicted molar refractivity (Wildman–Crippen MR) is 120 cm³/mol. The van der Waals surface area contributed by atoms with E-state index in [2.05, 4.69) is 15.0 Å². The van der Waals surface area contributed by atoms with Crippen molar-refractivity contribution < 1.29 is 19.1 Å². The number of carbonyl (C=O) groups excluding carboxylic acids is 1. The van der Waals surface area contributed by atoms with Gasteiger partial charge in [0.1, 0.15) is 11.6 Å². The number of amides is 1. The number of anilines is 1. The third kappa shape index (κ3) is 3.95. The van der Waals surface area contributed by atoms with Crippen molar-refractivity contribution in [3.63, 3.8) is 0 Å². The fourth-order valence-electron chi connectivity index (χ4n) is 4.85. The van der Waals surface area contributed by atoms with Gasteiger partial charge in [0.25, 0.3) is 5.91 Å². The summed E-state index contributed by atoms with van der Waals surface area (Å²) in [7, 11) is 0. The van der Waals surface area contributed by atoms with Crippen LogP contribution in [0.3, 0.4) is 0 Å². The summed E-state index contributed by atoms with van der Waals surface area (Å²) in [6.45, 7) is 2.19. The summed E-state index contributed by atoms with van der Waals surface area (Å²) in [5.41, 5.74) is 3.24. The first-order chi connectivity index (χ1) is 16.2.